The molecule has 2 aromatic heterocycles. The van der Waals surface area contributed by atoms with E-state index >= 15 is 0 Å². The summed E-state index contributed by atoms with van der Waals surface area (Å²) in [5, 5.41) is 5.69. The quantitative estimate of drug-likeness (QED) is 0.745. The molecule has 0 fully saturated rings. The largest absolute Gasteiger partial charge is 0.326 e. The highest BCUT2D eigenvalue weighted by atomic mass is 32.1. The summed E-state index contributed by atoms with van der Waals surface area (Å²) in [5.74, 6) is 0.370. The van der Waals surface area contributed by atoms with Crippen LogP contribution in [0.4, 0.5) is 5.69 Å². The minimum Gasteiger partial charge on any atom is -0.326 e. The normalized spacial score (nSPS) is 10.8. The maximum Gasteiger partial charge on any atom is 0.230 e. The van der Waals surface area contributed by atoms with Gasteiger partial charge in [-0.1, -0.05) is 32.0 Å². The number of hydrogen-bond donors (Lipinski definition) is 1. The van der Waals surface area contributed by atoms with Crippen LogP contribution in [0.15, 0.2) is 54.0 Å². The molecule has 0 saturated heterocycles. The van der Waals surface area contributed by atoms with Gasteiger partial charge in [0.25, 0.3) is 0 Å². The zero-order valence-corrected chi connectivity index (χ0v) is 14.5. The summed E-state index contributed by atoms with van der Waals surface area (Å²) < 4.78 is 0. The first kappa shape index (κ1) is 16.3. The van der Waals surface area contributed by atoms with Crippen molar-refractivity contribution in [3.05, 3.63) is 65.3 Å². The Balaban J connectivity index is 1.65. The molecule has 0 aliphatic carbocycles. The topological polar surface area (TPSA) is 54.9 Å². The van der Waals surface area contributed by atoms with E-state index < -0.39 is 0 Å². The van der Waals surface area contributed by atoms with Gasteiger partial charge < -0.3 is 5.32 Å². The molecule has 0 aliphatic heterocycles. The zero-order valence-electron chi connectivity index (χ0n) is 13.7. The van der Waals surface area contributed by atoms with E-state index in [1.54, 1.807) is 6.20 Å². The fourth-order valence-corrected chi connectivity index (χ4v) is 3.14. The molecule has 1 amide bonds. The Bertz CT molecular complexity index is 827. The van der Waals surface area contributed by atoms with E-state index in [0.29, 0.717) is 5.92 Å². The molecule has 122 valence electrons. The molecule has 2 heterocycles. The Hall–Kier alpha value is -2.53. The summed E-state index contributed by atoms with van der Waals surface area (Å²) in [6, 6.07) is 13.7. The first-order valence-corrected chi connectivity index (χ1v) is 8.75. The Morgan fingerprint density at radius 1 is 1.21 bits per heavy atom. The molecule has 0 radical (unpaired) electrons. The highest BCUT2D eigenvalue weighted by molar-refractivity contribution is 7.13. The zero-order chi connectivity index (χ0) is 16.9. The van der Waals surface area contributed by atoms with E-state index in [-0.39, 0.29) is 12.3 Å². The van der Waals surface area contributed by atoms with Gasteiger partial charge in [-0.15, -0.1) is 11.3 Å². The molecule has 0 spiro atoms. The Kier molecular flexibility index (Phi) is 5.01. The number of carbonyl (C=O) groups excluding carboxylic acids is 1. The van der Waals surface area contributed by atoms with E-state index in [0.717, 1.165) is 22.1 Å². The van der Waals surface area contributed by atoms with Crippen molar-refractivity contribution in [2.24, 2.45) is 0 Å². The van der Waals surface area contributed by atoms with E-state index in [9.17, 15) is 4.79 Å². The van der Waals surface area contributed by atoms with Crippen LogP contribution in [0.3, 0.4) is 0 Å². The molecule has 24 heavy (non-hydrogen) atoms. The first-order valence-electron chi connectivity index (χ1n) is 7.87. The van der Waals surface area contributed by atoms with E-state index in [1.165, 1.54) is 16.9 Å². The van der Waals surface area contributed by atoms with Crippen molar-refractivity contribution in [3.8, 4) is 10.7 Å². The van der Waals surface area contributed by atoms with Crippen molar-refractivity contribution in [2.75, 3.05) is 5.32 Å². The molecule has 4 nitrogen and oxygen atoms in total. The first-order chi connectivity index (χ1) is 11.6. The lowest BCUT2D eigenvalue weighted by atomic mass is 10.0. The Morgan fingerprint density at radius 2 is 2.08 bits per heavy atom. The van der Waals surface area contributed by atoms with Crippen LogP contribution >= 0.6 is 11.3 Å². The van der Waals surface area contributed by atoms with Crippen LogP contribution in [-0.2, 0) is 11.2 Å². The van der Waals surface area contributed by atoms with Crippen LogP contribution in [0.5, 0.6) is 0 Å². The van der Waals surface area contributed by atoms with Crippen molar-refractivity contribution >= 4 is 22.9 Å². The third kappa shape index (κ3) is 4.06. The van der Waals surface area contributed by atoms with Gasteiger partial charge in [-0.3, -0.25) is 9.78 Å². The number of amides is 1. The van der Waals surface area contributed by atoms with Crippen molar-refractivity contribution in [1.29, 1.82) is 0 Å². The van der Waals surface area contributed by atoms with Gasteiger partial charge in [-0.05, 0) is 35.7 Å². The van der Waals surface area contributed by atoms with Crippen LogP contribution in [0.1, 0.15) is 31.0 Å². The fraction of sp³-hybridized carbons (Fsp3) is 0.211. The number of thiazole rings is 1. The molecule has 0 atom stereocenters. The molecule has 0 saturated carbocycles. The predicted molar refractivity (Wildman–Crippen MR) is 98.2 cm³/mol. The van der Waals surface area contributed by atoms with E-state index in [2.05, 4.69) is 35.2 Å². The lowest BCUT2D eigenvalue weighted by molar-refractivity contribution is -0.115. The Morgan fingerprint density at radius 3 is 2.83 bits per heavy atom. The number of hydrogen-bond acceptors (Lipinski definition) is 4. The molecular weight excluding hydrogens is 318 g/mol. The van der Waals surface area contributed by atoms with Crippen molar-refractivity contribution < 1.29 is 4.79 Å². The van der Waals surface area contributed by atoms with Gasteiger partial charge in [0.15, 0.2) is 0 Å². The van der Waals surface area contributed by atoms with Crippen molar-refractivity contribution in [3.63, 3.8) is 0 Å². The summed E-state index contributed by atoms with van der Waals surface area (Å²) in [7, 11) is 0. The number of nitrogens with zero attached hydrogens (tertiary/aromatic N) is 2. The molecule has 0 bridgehead atoms. The lowest BCUT2D eigenvalue weighted by Crippen LogP contribution is -2.14. The second-order valence-electron chi connectivity index (χ2n) is 5.86. The standard InChI is InChI=1S/C19H19N3OS/c1-13(2)14-6-5-7-15(10-14)21-18(23)11-16-12-24-19(22-16)17-8-3-4-9-20-17/h3-10,12-13H,11H2,1-2H3,(H,21,23). The van der Waals surface area contributed by atoms with Crippen LogP contribution in [0, 0.1) is 0 Å². The number of anilines is 1. The average molecular weight is 337 g/mol. The van der Waals surface area contributed by atoms with Crippen LogP contribution in [0.25, 0.3) is 10.7 Å². The predicted octanol–water partition coefficient (Wildman–Crippen LogP) is 4.51. The summed E-state index contributed by atoms with van der Waals surface area (Å²) in [6.45, 7) is 4.27. The number of aromatic nitrogens is 2. The SMILES string of the molecule is CC(C)c1cccc(NC(=O)Cc2csc(-c3ccccn3)n2)c1. The van der Waals surface area contributed by atoms with Gasteiger partial charge in [0.05, 0.1) is 17.8 Å². The Labute approximate surface area is 145 Å². The molecule has 0 unspecified atom stereocenters. The number of rotatable bonds is 5. The van der Waals surface area contributed by atoms with Crippen LogP contribution in [0.2, 0.25) is 0 Å². The number of pyridine rings is 1. The lowest BCUT2D eigenvalue weighted by Gasteiger charge is -2.09. The molecule has 3 rings (SSSR count). The second-order valence-corrected chi connectivity index (χ2v) is 6.72. The van der Waals surface area contributed by atoms with Gasteiger partial charge in [0.2, 0.25) is 5.91 Å². The molecule has 1 aromatic carbocycles. The van der Waals surface area contributed by atoms with Gasteiger partial charge in [-0.25, -0.2) is 4.98 Å². The van der Waals surface area contributed by atoms with Gasteiger partial charge >= 0.3 is 0 Å². The van der Waals surface area contributed by atoms with E-state index in [1.807, 2.05) is 41.8 Å². The highest BCUT2D eigenvalue weighted by Gasteiger charge is 2.10. The molecule has 1 N–H and O–H groups in total. The third-order valence-corrected chi connectivity index (χ3v) is 4.53. The maximum atomic E-state index is 12.2. The minimum absolute atomic E-state index is 0.0613. The minimum atomic E-state index is -0.0613. The number of benzene rings is 1. The average Bonchev–Trinajstić information content (AvgIpc) is 3.04. The second kappa shape index (κ2) is 7.36. The highest BCUT2D eigenvalue weighted by Crippen LogP contribution is 2.22. The van der Waals surface area contributed by atoms with Gasteiger partial charge in [0.1, 0.15) is 5.01 Å². The van der Waals surface area contributed by atoms with Crippen molar-refractivity contribution in [2.45, 2.75) is 26.2 Å². The number of carbonyl (C=O) groups is 1. The van der Waals surface area contributed by atoms with Crippen LogP contribution in [-0.4, -0.2) is 15.9 Å². The van der Waals surface area contributed by atoms with E-state index in [4.69, 9.17) is 0 Å². The maximum absolute atomic E-state index is 12.2. The molecule has 0 aliphatic rings. The molecule has 5 heteroatoms. The summed E-state index contributed by atoms with van der Waals surface area (Å²) >= 11 is 1.50. The summed E-state index contributed by atoms with van der Waals surface area (Å²) in [6.07, 6.45) is 2.00. The van der Waals surface area contributed by atoms with Crippen molar-refractivity contribution in [1.82, 2.24) is 9.97 Å². The smallest absolute Gasteiger partial charge is 0.230 e. The van der Waals surface area contributed by atoms with Gasteiger partial charge in [0, 0.05) is 17.3 Å². The summed E-state index contributed by atoms with van der Waals surface area (Å²) in [4.78, 5) is 21.0. The van der Waals surface area contributed by atoms with Gasteiger partial charge in [-0.2, -0.15) is 0 Å². The molecular formula is C19H19N3OS. The molecule has 3 aromatic rings. The third-order valence-electron chi connectivity index (χ3n) is 3.61. The monoisotopic (exact) mass is 337 g/mol. The number of nitrogens with one attached hydrogen (secondary N) is 1. The summed E-state index contributed by atoms with van der Waals surface area (Å²) in [5.41, 5.74) is 3.63. The van der Waals surface area contributed by atoms with Crippen LogP contribution < -0.4 is 5.32 Å². The fourth-order valence-electron chi connectivity index (χ4n) is 2.34.